The summed E-state index contributed by atoms with van der Waals surface area (Å²) >= 11 is 0. The maximum Gasteiger partial charge on any atom is 0.321 e. The molecule has 8 heteroatoms. The Kier molecular flexibility index (Phi) is 7.09. The van der Waals surface area contributed by atoms with Crippen LogP contribution in [-0.2, 0) is 20.6 Å². The summed E-state index contributed by atoms with van der Waals surface area (Å²) in [6.45, 7) is 0. The number of nitrogens with zero attached hydrogens (tertiary/aromatic N) is 1. The van der Waals surface area contributed by atoms with Gasteiger partial charge in [0.2, 0.25) is 5.91 Å². The molecule has 0 radical (unpaired) electrons. The highest BCUT2D eigenvalue weighted by Gasteiger charge is 2.21. The van der Waals surface area contributed by atoms with E-state index in [0.717, 1.165) is 16.8 Å². The smallest absolute Gasteiger partial charge is 0.321 e. The van der Waals surface area contributed by atoms with E-state index in [1.807, 2.05) is 55.4 Å². The topological polar surface area (TPSA) is 113 Å². The summed E-state index contributed by atoms with van der Waals surface area (Å²) in [7, 11) is 2.23. The number of carboxylic acid groups (broad SMARTS) is 1. The standard InChI is InChI=1S/C19H23N3O4S/c1-22(2)15-7-3-13(4-8-15)14-5-9-16(10-6-14)27(26)21-17(19(24)25)11-12-18(20)23/h3-10,17,21H,11-12H2,1-2H3,(H2,20,23)(H,24,25)/t17-,27?/m0/s1. The highest BCUT2D eigenvalue weighted by molar-refractivity contribution is 7.83. The third-order valence-electron chi connectivity index (χ3n) is 4.01. The van der Waals surface area contributed by atoms with E-state index in [1.54, 1.807) is 12.1 Å². The zero-order valence-corrected chi connectivity index (χ0v) is 16.0. The molecule has 27 heavy (non-hydrogen) atoms. The van der Waals surface area contributed by atoms with Gasteiger partial charge in [-0.3, -0.25) is 9.59 Å². The van der Waals surface area contributed by atoms with Crippen LogP contribution >= 0.6 is 0 Å². The van der Waals surface area contributed by atoms with Gasteiger partial charge in [-0.25, -0.2) is 8.93 Å². The van der Waals surface area contributed by atoms with Gasteiger partial charge < -0.3 is 15.7 Å². The first-order valence-corrected chi connectivity index (χ1v) is 9.50. The monoisotopic (exact) mass is 389 g/mol. The second-order valence-corrected chi connectivity index (χ2v) is 7.49. The van der Waals surface area contributed by atoms with E-state index in [-0.39, 0.29) is 12.8 Å². The molecule has 4 N–H and O–H groups in total. The van der Waals surface area contributed by atoms with Crippen LogP contribution in [0.4, 0.5) is 5.69 Å². The number of aliphatic carboxylic acids is 1. The summed E-state index contributed by atoms with van der Waals surface area (Å²) in [5.41, 5.74) is 8.12. The van der Waals surface area contributed by atoms with E-state index >= 15 is 0 Å². The molecule has 2 rings (SSSR count). The highest BCUT2D eigenvalue weighted by atomic mass is 32.2. The maximum atomic E-state index is 12.4. The van der Waals surface area contributed by atoms with Crippen LogP contribution in [0.3, 0.4) is 0 Å². The molecule has 0 heterocycles. The van der Waals surface area contributed by atoms with Crippen LogP contribution < -0.4 is 15.4 Å². The Hall–Kier alpha value is -2.71. The van der Waals surface area contributed by atoms with E-state index in [4.69, 9.17) is 5.73 Å². The second kappa shape index (κ2) is 9.29. The van der Waals surface area contributed by atoms with E-state index in [1.165, 1.54) is 0 Å². The normalized spacial score (nSPS) is 13.0. The fraction of sp³-hybridized carbons (Fsp3) is 0.263. The number of carbonyl (C=O) groups is 2. The largest absolute Gasteiger partial charge is 0.480 e. The number of nitrogens with one attached hydrogen (secondary N) is 1. The minimum Gasteiger partial charge on any atom is -0.480 e. The molecule has 0 aliphatic rings. The Morgan fingerprint density at radius 2 is 1.59 bits per heavy atom. The molecule has 0 saturated heterocycles. The number of rotatable bonds is 9. The van der Waals surface area contributed by atoms with Crippen molar-refractivity contribution in [2.45, 2.75) is 23.8 Å². The fourth-order valence-corrected chi connectivity index (χ4v) is 3.44. The lowest BCUT2D eigenvalue weighted by Gasteiger charge is -2.14. The average molecular weight is 389 g/mol. The minimum absolute atomic E-state index is 0.0211. The van der Waals surface area contributed by atoms with Crippen molar-refractivity contribution in [1.29, 1.82) is 0 Å². The first kappa shape index (κ1) is 20.6. The molecule has 2 aromatic rings. The summed E-state index contributed by atoms with van der Waals surface area (Å²) in [5.74, 6) is -1.78. The Labute approximate surface area is 160 Å². The number of primary amides is 1. The molecule has 0 bridgehead atoms. The summed E-state index contributed by atoms with van der Waals surface area (Å²) < 4.78 is 14.9. The van der Waals surface area contributed by atoms with Gasteiger partial charge in [-0.1, -0.05) is 24.3 Å². The van der Waals surface area contributed by atoms with Gasteiger partial charge in [0.25, 0.3) is 0 Å². The average Bonchev–Trinajstić information content (AvgIpc) is 2.64. The lowest BCUT2D eigenvalue weighted by atomic mass is 10.1. The van der Waals surface area contributed by atoms with Gasteiger partial charge in [0.15, 0.2) is 0 Å². The first-order chi connectivity index (χ1) is 12.8. The molecule has 0 saturated carbocycles. The van der Waals surface area contributed by atoms with Crippen molar-refractivity contribution < 1.29 is 18.9 Å². The lowest BCUT2D eigenvalue weighted by molar-refractivity contribution is -0.139. The number of amides is 1. The molecule has 0 spiro atoms. The summed E-state index contributed by atoms with van der Waals surface area (Å²) in [4.78, 5) is 24.5. The third kappa shape index (κ3) is 5.90. The predicted molar refractivity (Wildman–Crippen MR) is 106 cm³/mol. The second-order valence-electron chi connectivity index (χ2n) is 6.25. The van der Waals surface area contributed by atoms with Crippen LogP contribution in [0, 0.1) is 0 Å². The summed E-state index contributed by atoms with van der Waals surface area (Å²) in [6.07, 6.45) is -0.115. The van der Waals surface area contributed by atoms with Crippen molar-refractivity contribution >= 4 is 28.5 Å². The van der Waals surface area contributed by atoms with Crippen LogP contribution in [-0.4, -0.2) is 41.3 Å². The highest BCUT2D eigenvalue weighted by Crippen LogP contribution is 2.23. The molecule has 1 amide bonds. The zero-order valence-electron chi connectivity index (χ0n) is 15.2. The summed E-state index contributed by atoms with van der Waals surface area (Å²) in [5, 5.41) is 9.18. The molecule has 2 atom stereocenters. The Morgan fingerprint density at radius 3 is 2.04 bits per heavy atom. The number of hydrogen-bond acceptors (Lipinski definition) is 4. The molecular formula is C19H23N3O4S. The van der Waals surface area contributed by atoms with Crippen LogP contribution in [0.5, 0.6) is 0 Å². The lowest BCUT2D eigenvalue weighted by Crippen LogP contribution is -2.38. The predicted octanol–water partition coefficient (Wildman–Crippen LogP) is 1.75. The van der Waals surface area contributed by atoms with Crippen LogP contribution in [0.1, 0.15) is 12.8 Å². The summed E-state index contributed by atoms with van der Waals surface area (Å²) in [6, 6.07) is 14.0. The zero-order chi connectivity index (χ0) is 20.0. The number of anilines is 1. The molecule has 0 aliphatic carbocycles. The van der Waals surface area contributed by atoms with E-state index in [2.05, 4.69) is 4.72 Å². The SMILES string of the molecule is CN(C)c1ccc(-c2ccc(S(=O)N[C@@H](CCC(N)=O)C(=O)O)cc2)cc1. The fourth-order valence-electron chi connectivity index (χ4n) is 2.44. The minimum atomic E-state index is -1.71. The molecule has 0 aromatic heterocycles. The molecule has 2 aromatic carbocycles. The van der Waals surface area contributed by atoms with Gasteiger partial charge in [-0.15, -0.1) is 0 Å². The van der Waals surface area contributed by atoms with E-state index in [9.17, 15) is 18.9 Å². The van der Waals surface area contributed by atoms with Gasteiger partial charge >= 0.3 is 5.97 Å². The van der Waals surface area contributed by atoms with Crippen molar-refractivity contribution in [3.05, 3.63) is 48.5 Å². The van der Waals surface area contributed by atoms with Gasteiger partial charge in [0, 0.05) is 26.2 Å². The Bertz CT molecular complexity index is 820. The molecule has 144 valence electrons. The molecule has 1 unspecified atom stereocenters. The number of carbonyl (C=O) groups excluding carboxylic acids is 1. The van der Waals surface area contributed by atoms with Gasteiger partial charge in [0.1, 0.15) is 17.0 Å². The van der Waals surface area contributed by atoms with Gasteiger partial charge in [-0.2, -0.15) is 0 Å². The van der Waals surface area contributed by atoms with Gasteiger partial charge in [-0.05, 0) is 41.8 Å². The van der Waals surface area contributed by atoms with Crippen molar-refractivity contribution in [3.63, 3.8) is 0 Å². The van der Waals surface area contributed by atoms with Crippen LogP contribution in [0.2, 0.25) is 0 Å². The Balaban J connectivity index is 2.07. The molecule has 7 nitrogen and oxygen atoms in total. The van der Waals surface area contributed by atoms with Crippen molar-refractivity contribution in [2.24, 2.45) is 5.73 Å². The number of hydrogen-bond donors (Lipinski definition) is 3. The number of nitrogens with two attached hydrogens (primary N) is 1. The molecule has 0 aliphatic heterocycles. The van der Waals surface area contributed by atoms with Crippen molar-refractivity contribution in [2.75, 3.05) is 19.0 Å². The number of benzene rings is 2. The van der Waals surface area contributed by atoms with Gasteiger partial charge in [0.05, 0.1) is 4.90 Å². The van der Waals surface area contributed by atoms with Crippen molar-refractivity contribution in [3.8, 4) is 11.1 Å². The van der Waals surface area contributed by atoms with Crippen LogP contribution in [0.25, 0.3) is 11.1 Å². The molecular weight excluding hydrogens is 366 g/mol. The first-order valence-electron chi connectivity index (χ1n) is 8.35. The maximum absolute atomic E-state index is 12.4. The number of carboxylic acids is 1. The molecule has 0 fully saturated rings. The quantitative estimate of drug-likeness (QED) is 0.605. The Morgan fingerprint density at radius 1 is 1.07 bits per heavy atom. The third-order valence-corrected chi connectivity index (χ3v) is 5.21. The van der Waals surface area contributed by atoms with Crippen molar-refractivity contribution in [1.82, 2.24) is 4.72 Å². The van der Waals surface area contributed by atoms with E-state index in [0.29, 0.717) is 4.90 Å². The van der Waals surface area contributed by atoms with E-state index < -0.39 is 28.9 Å². The van der Waals surface area contributed by atoms with Crippen LogP contribution in [0.15, 0.2) is 53.4 Å².